The molecular formula is C23H20ClN3O3. The Morgan fingerprint density at radius 3 is 2.50 bits per heavy atom. The summed E-state index contributed by atoms with van der Waals surface area (Å²) in [7, 11) is 0. The fourth-order valence-electron chi connectivity index (χ4n) is 3.71. The number of likely N-dealkylation sites (tertiary alicyclic amines) is 1. The van der Waals surface area contributed by atoms with Gasteiger partial charge in [-0.15, -0.1) is 0 Å². The van der Waals surface area contributed by atoms with Crippen molar-refractivity contribution in [2.24, 2.45) is 0 Å². The van der Waals surface area contributed by atoms with Crippen molar-refractivity contribution in [3.8, 4) is 0 Å². The van der Waals surface area contributed by atoms with E-state index in [0.717, 1.165) is 5.82 Å². The Balaban J connectivity index is 1.72. The molecule has 0 saturated carbocycles. The van der Waals surface area contributed by atoms with Gasteiger partial charge < -0.3 is 15.0 Å². The first-order valence-corrected chi connectivity index (χ1v) is 10.0. The zero-order valence-corrected chi connectivity index (χ0v) is 16.8. The van der Waals surface area contributed by atoms with E-state index < -0.39 is 17.7 Å². The monoisotopic (exact) mass is 421 g/mol. The van der Waals surface area contributed by atoms with Crippen molar-refractivity contribution in [2.75, 3.05) is 6.54 Å². The highest BCUT2D eigenvalue weighted by atomic mass is 35.5. The molecule has 1 aromatic heterocycles. The lowest BCUT2D eigenvalue weighted by molar-refractivity contribution is -0.139. The summed E-state index contributed by atoms with van der Waals surface area (Å²) in [5, 5.41) is 11.5. The summed E-state index contributed by atoms with van der Waals surface area (Å²) >= 11 is 6.03. The maximum atomic E-state index is 12.9. The van der Waals surface area contributed by atoms with Crippen LogP contribution in [-0.4, -0.2) is 38.2 Å². The number of nitrogens with zero attached hydrogens (tertiary/aromatic N) is 2. The van der Waals surface area contributed by atoms with Crippen molar-refractivity contribution in [1.82, 2.24) is 14.9 Å². The molecule has 1 saturated heterocycles. The van der Waals surface area contributed by atoms with Gasteiger partial charge >= 0.3 is 0 Å². The number of carbonyl (C=O) groups is 2. The Hall–Kier alpha value is -3.38. The predicted octanol–water partition coefficient (Wildman–Crippen LogP) is 4.12. The van der Waals surface area contributed by atoms with Crippen molar-refractivity contribution < 1.29 is 14.7 Å². The SMILES string of the molecule is O=C1C(=O)N(CCCc2ncc[nH]2)C(c2ccc(Cl)cc2)/C1=C(\O)c1ccccc1. The van der Waals surface area contributed by atoms with Gasteiger partial charge in [0, 0.05) is 35.9 Å². The minimum atomic E-state index is -0.686. The Bertz CT molecular complexity index is 1080. The van der Waals surface area contributed by atoms with E-state index >= 15 is 0 Å². The van der Waals surface area contributed by atoms with E-state index in [0.29, 0.717) is 35.5 Å². The third kappa shape index (κ3) is 3.86. The summed E-state index contributed by atoms with van der Waals surface area (Å²) in [6.45, 7) is 0.351. The molecule has 0 bridgehead atoms. The van der Waals surface area contributed by atoms with Gasteiger partial charge in [-0.1, -0.05) is 54.1 Å². The molecule has 7 heteroatoms. The minimum Gasteiger partial charge on any atom is -0.507 e. The predicted molar refractivity (Wildman–Crippen MR) is 114 cm³/mol. The molecule has 6 nitrogen and oxygen atoms in total. The van der Waals surface area contributed by atoms with Crippen LogP contribution in [0.15, 0.2) is 72.6 Å². The summed E-state index contributed by atoms with van der Waals surface area (Å²) in [4.78, 5) is 34.5. The highest BCUT2D eigenvalue weighted by Crippen LogP contribution is 2.39. The fraction of sp³-hybridized carbons (Fsp3) is 0.174. The Kier molecular flexibility index (Phi) is 5.68. The molecule has 30 heavy (non-hydrogen) atoms. The van der Waals surface area contributed by atoms with Crippen molar-refractivity contribution in [3.63, 3.8) is 0 Å². The number of amides is 1. The molecular weight excluding hydrogens is 402 g/mol. The zero-order chi connectivity index (χ0) is 21.1. The van der Waals surface area contributed by atoms with Crippen LogP contribution >= 0.6 is 11.6 Å². The number of benzene rings is 2. The molecule has 1 fully saturated rings. The Morgan fingerprint density at radius 2 is 1.83 bits per heavy atom. The maximum Gasteiger partial charge on any atom is 0.295 e. The summed E-state index contributed by atoms with van der Waals surface area (Å²) < 4.78 is 0. The number of nitrogens with one attached hydrogen (secondary N) is 1. The second kappa shape index (κ2) is 8.55. The standard InChI is InChI=1S/C23H20ClN3O3/c24-17-10-8-15(9-11-17)20-19(21(28)16-5-2-1-3-6-16)22(29)23(30)27(20)14-4-7-18-25-12-13-26-18/h1-3,5-6,8-13,20,28H,4,7,14H2,(H,25,26)/b21-19+. The number of aliphatic hydroxyl groups excluding tert-OH is 1. The third-order valence-corrected chi connectivity index (χ3v) is 5.39. The van der Waals surface area contributed by atoms with Gasteiger partial charge in [0.25, 0.3) is 11.7 Å². The van der Waals surface area contributed by atoms with Gasteiger partial charge in [0.15, 0.2) is 0 Å². The molecule has 152 valence electrons. The third-order valence-electron chi connectivity index (χ3n) is 5.14. The maximum absolute atomic E-state index is 12.9. The topological polar surface area (TPSA) is 86.3 Å². The van der Waals surface area contributed by atoms with E-state index in [1.165, 1.54) is 4.90 Å². The highest BCUT2D eigenvalue weighted by Gasteiger charge is 2.45. The molecule has 2 N–H and O–H groups in total. The van der Waals surface area contributed by atoms with Crippen LogP contribution in [-0.2, 0) is 16.0 Å². The van der Waals surface area contributed by atoms with Gasteiger partial charge in [-0.2, -0.15) is 0 Å². The van der Waals surface area contributed by atoms with Crippen LogP contribution < -0.4 is 0 Å². The minimum absolute atomic E-state index is 0.0894. The van der Waals surface area contributed by atoms with Crippen molar-refractivity contribution in [1.29, 1.82) is 0 Å². The van der Waals surface area contributed by atoms with Crippen molar-refractivity contribution in [2.45, 2.75) is 18.9 Å². The van der Waals surface area contributed by atoms with E-state index in [1.807, 2.05) is 6.07 Å². The second-order valence-electron chi connectivity index (χ2n) is 7.05. The lowest BCUT2D eigenvalue weighted by atomic mass is 9.95. The molecule has 1 aliphatic rings. The number of ketones is 1. The average molecular weight is 422 g/mol. The molecule has 2 heterocycles. The molecule has 1 atom stereocenters. The quantitative estimate of drug-likeness (QED) is 0.356. The van der Waals surface area contributed by atoms with Crippen molar-refractivity contribution >= 4 is 29.1 Å². The van der Waals surface area contributed by atoms with Crippen LogP contribution in [0, 0.1) is 0 Å². The molecule has 1 aliphatic heterocycles. The van der Waals surface area contributed by atoms with Crippen LogP contribution in [0.4, 0.5) is 0 Å². The number of halogens is 1. The lowest BCUT2D eigenvalue weighted by Crippen LogP contribution is -2.31. The normalized spacial score (nSPS) is 18.2. The fourth-order valence-corrected chi connectivity index (χ4v) is 3.83. The van der Waals surface area contributed by atoms with E-state index in [4.69, 9.17) is 11.6 Å². The highest BCUT2D eigenvalue weighted by molar-refractivity contribution is 6.46. The Labute approximate surface area is 178 Å². The Morgan fingerprint density at radius 1 is 1.10 bits per heavy atom. The van der Waals surface area contributed by atoms with Gasteiger partial charge in [-0.05, 0) is 24.1 Å². The number of H-pyrrole nitrogens is 1. The molecule has 4 rings (SSSR count). The zero-order valence-electron chi connectivity index (χ0n) is 16.1. The van der Waals surface area contributed by atoms with Gasteiger partial charge in [0.1, 0.15) is 11.6 Å². The number of rotatable bonds is 6. The second-order valence-corrected chi connectivity index (χ2v) is 7.49. The average Bonchev–Trinajstić information content (AvgIpc) is 3.37. The number of Topliss-reactive ketones (excluding diaryl/α,β-unsaturated/α-hetero) is 1. The molecule has 3 aromatic rings. The summed E-state index contributed by atoms with van der Waals surface area (Å²) in [6, 6.07) is 15.1. The van der Waals surface area contributed by atoms with E-state index in [1.54, 1.807) is 60.9 Å². The number of carbonyl (C=O) groups excluding carboxylic acids is 2. The molecule has 1 amide bonds. The van der Waals surface area contributed by atoms with E-state index in [-0.39, 0.29) is 11.3 Å². The number of aliphatic hydroxyl groups is 1. The molecule has 0 aliphatic carbocycles. The number of aromatic amines is 1. The molecule has 2 aromatic carbocycles. The number of hydrogen-bond acceptors (Lipinski definition) is 4. The first kappa shape index (κ1) is 19.9. The van der Waals surface area contributed by atoms with E-state index in [9.17, 15) is 14.7 Å². The van der Waals surface area contributed by atoms with Crippen LogP contribution in [0.3, 0.4) is 0 Å². The number of imidazole rings is 1. The first-order chi connectivity index (χ1) is 14.6. The largest absolute Gasteiger partial charge is 0.507 e. The van der Waals surface area contributed by atoms with Gasteiger partial charge in [0.2, 0.25) is 0 Å². The summed E-state index contributed by atoms with van der Waals surface area (Å²) in [5.41, 5.74) is 1.30. The van der Waals surface area contributed by atoms with Crippen molar-refractivity contribution in [3.05, 3.63) is 94.5 Å². The number of aromatic nitrogens is 2. The summed E-state index contributed by atoms with van der Waals surface area (Å²) in [5.74, 6) is -0.664. The lowest BCUT2D eigenvalue weighted by Gasteiger charge is -2.25. The number of hydrogen-bond donors (Lipinski definition) is 2. The molecule has 0 spiro atoms. The summed E-state index contributed by atoms with van der Waals surface area (Å²) in [6.07, 6.45) is 4.68. The first-order valence-electron chi connectivity index (χ1n) is 9.64. The van der Waals surface area contributed by atoms with Crippen LogP contribution in [0.1, 0.15) is 29.4 Å². The smallest absolute Gasteiger partial charge is 0.295 e. The van der Waals surface area contributed by atoms with Gasteiger partial charge in [-0.25, -0.2) is 4.98 Å². The van der Waals surface area contributed by atoms with Gasteiger partial charge in [0.05, 0.1) is 11.6 Å². The number of aryl methyl sites for hydroxylation is 1. The van der Waals surface area contributed by atoms with Crippen LogP contribution in [0.25, 0.3) is 5.76 Å². The van der Waals surface area contributed by atoms with E-state index in [2.05, 4.69) is 9.97 Å². The van der Waals surface area contributed by atoms with Gasteiger partial charge in [-0.3, -0.25) is 9.59 Å². The van der Waals surface area contributed by atoms with Crippen LogP contribution in [0.2, 0.25) is 5.02 Å². The molecule has 1 unspecified atom stereocenters. The van der Waals surface area contributed by atoms with Crippen LogP contribution in [0.5, 0.6) is 0 Å². The molecule has 0 radical (unpaired) electrons.